The lowest BCUT2D eigenvalue weighted by Crippen LogP contribution is -2.23. The van der Waals surface area contributed by atoms with Gasteiger partial charge >= 0.3 is 0 Å². The summed E-state index contributed by atoms with van der Waals surface area (Å²) in [7, 11) is 0. The van der Waals surface area contributed by atoms with Crippen molar-refractivity contribution in [1.82, 2.24) is 10.1 Å². The van der Waals surface area contributed by atoms with Crippen LogP contribution in [-0.2, 0) is 16.8 Å². The molecular formula is C12H22N2O3. The van der Waals surface area contributed by atoms with E-state index in [1.54, 1.807) is 0 Å². The van der Waals surface area contributed by atoms with Gasteiger partial charge in [0.1, 0.15) is 5.60 Å². The second kappa shape index (κ2) is 5.60. The van der Waals surface area contributed by atoms with Gasteiger partial charge in [-0.1, -0.05) is 19.0 Å². The molecule has 1 N–H and O–H groups in total. The fraction of sp³-hybridized carbons (Fsp3) is 0.833. The summed E-state index contributed by atoms with van der Waals surface area (Å²) < 4.78 is 10.7. The molecule has 98 valence electrons. The van der Waals surface area contributed by atoms with Crippen LogP contribution in [0.3, 0.4) is 0 Å². The fourth-order valence-corrected chi connectivity index (χ4v) is 1.42. The molecule has 0 amide bonds. The number of hydrogen-bond acceptors (Lipinski definition) is 5. The van der Waals surface area contributed by atoms with Crippen molar-refractivity contribution in [2.75, 3.05) is 6.61 Å². The first-order chi connectivity index (χ1) is 7.86. The van der Waals surface area contributed by atoms with Crippen LogP contribution >= 0.6 is 0 Å². The first-order valence-electron chi connectivity index (χ1n) is 6.02. The average molecular weight is 242 g/mol. The standard InChI is InChI=1S/C12H22N2O3/c1-6-16-12(4,5)11-13-10(17-14-11)7-9(15)8(2)3/h8-9,15H,6-7H2,1-5H3. The number of rotatable bonds is 6. The zero-order valence-electron chi connectivity index (χ0n) is 11.2. The van der Waals surface area contributed by atoms with E-state index in [0.29, 0.717) is 24.7 Å². The summed E-state index contributed by atoms with van der Waals surface area (Å²) in [4.78, 5) is 4.26. The number of aromatic nitrogens is 2. The second-order valence-electron chi connectivity index (χ2n) is 4.97. The summed E-state index contributed by atoms with van der Waals surface area (Å²) in [5, 5.41) is 13.6. The molecule has 5 nitrogen and oxygen atoms in total. The van der Waals surface area contributed by atoms with Gasteiger partial charge in [-0.15, -0.1) is 0 Å². The molecule has 1 aromatic heterocycles. The Hall–Kier alpha value is -0.940. The van der Waals surface area contributed by atoms with Crippen molar-refractivity contribution in [3.8, 4) is 0 Å². The largest absolute Gasteiger partial charge is 0.392 e. The van der Waals surface area contributed by atoms with Crippen LogP contribution < -0.4 is 0 Å². The normalized spacial score (nSPS) is 14.3. The van der Waals surface area contributed by atoms with E-state index >= 15 is 0 Å². The molecule has 0 bridgehead atoms. The van der Waals surface area contributed by atoms with Crippen molar-refractivity contribution < 1.29 is 14.4 Å². The van der Waals surface area contributed by atoms with Gasteiger partial charge in [0.25, 0.3) is 0 Å². The van der Waals surface area contributed by atoms with Crippen LogP contribution in [-0.4, -0.2) is 28.0 Å². The maximum absolute atomic E-state index is 9.74. The van der Waals surface area contributed by atoms with Crippen LogP contribution in [0.5, 0.6) is 0 Å². The Labute approximate surface area is 102 Å². The third kappa shape index (κ3) is 3.78. The van der Waals surface area contributed by atoms with Gasteiger partial charge in [-0.05, 0) is 26.7 Å². The second-order valence-corrected chi connectivity index (χ2v) is 4.97. The minimum atomic E-state index is -0.556. The highest BCUT2D eigenvalue weighted by Crippen LogP contribution is 2.22. The van der Waals surface area contributed by atoms with Crippen LogP contribution in [0, 0.1) is 5.92 Å². The molecule has 0 aliphatic rings. The first-order valence-corrected chi connectivity index (χ1v) is 6.02. The van der Waals surface area contributed by atoms with Crippen LogP contribution in [0.2, 0.25) is 0 Å². The average Bonchev–Trinajstić information content (AvgIpc) is 2.66. The summed E-state index contributed by atoms with van der Waals surface area (Å²) >= 11 is 0. The van der Waals surface area contributed by atoms with E-state index in [0.717, 1.165) is 0 Å². The molecule has 1 unspecified atom stereocenters. The Morgan fingerprint density at radius 3 is 2.59 bits per heavy atom. The molecule has 1 aromatic rings. The summed E-state index contributed by atoms with van der Waals surface area (Å²) in [6.45, 7) is 10.2. The van der Waals surface area contributed by atoms with E-state index in [9.17, 15) is 5.11 Å². The Kier molecular flexibility index (Phi) is 4.65. The quantitative estimate of drug-likeness (QED) is 0.825. The molecule has 1 atom stereocenters. The summed E-state index contributed by atoms with van der Waals surface area (Å²) in [5.74, 6) is 1.14. The molecule has 1 rings (SSSR count). The summed E-state index contributed by atoms with van der Waals surface area (Å²) in [6.07, 6.45) is -0.0779. The lowest BCUT2D eigenvalue weighted by molar-refractivity contribution is -0.0221. The van der Waals surface area contributed by atoms with Gasteiger partial charge in [0.05, 0.1) is 12.5 Å². The van der Waals surface area contributed by atoms with Gasteiger partial charge < -0.3 is 14.4 Å². The van der Waals surface area contributed by atoms with E-state index in [2.05, 4.69) is 10.1 Å². The molecule has 5 heteroatoms. The summed E-state index contributed by atoms with van der Waals surface area (Å²) in [6, 6.07) is 0. The number of aliphatic hydroxyl groups excluding tert-OH is 1. The fourth-order valence-electron chi connectivity index (χ4n) is 1.42. The van der Waals surface area contributed by atoms with E-state index in [1.165, 1.54) is 0 Å². The predicted molar refractivity (Wildman–Crippen MR) is 63.5 cm³/mol. The lowest BCUT2D eigenvalue weighted by Gasteiger charge is -2.19. The zero-order chi connectivity index (χ0) is 13.1. The van der Waals surface area contributed by atoms with E-state index in [1.807, 2.05) is 34.6 Å². The highest BCUT2D eigenvalue weighted by atomic mass is 16.5. The van der Waals surface area contributed by atoms with Gasteiger partial charge in [0.2, 0.25) is 11.7 Å². The minimum absolute atomic E-state index is 0.172. The van der Waals surface area contributed by atoms with Gasteiger partial charge in [0, 0.05) is 6.61 Å². The van der Waals surface area contributed by atoms with Crippen LogP contribution in [0.1, 0.15) is 46.3 Å². The molecule has 0 spiro atoms. The number of aliphatic hydroxyl groups is 1. The van der Waals surface area contributed by atoms with Crippen molar-refractivity contribution in [3.05, 3.63) is 11.7 Å². The molecule has 1 heterocycles. The molecule has 0 radical (unpaired) electrons. The van der Waals surface area contributed by atoms with E-state index in [-0.39, 0.29) is 5.92 Å². The molecule has 0 aliphatic carbocycles. The maximum atomic E-state index is 9.74. The molecule has 17 heavy (non-hydrogen) atoms. The van der Waals surface area contributed by atoms with Crippen LogP contribution in [0.25, 0.3) is 0 Å². The van der Waals surface area contributed by atoms with Crippen LogP contribution in [0.15, 0.2) is 4.52 Å². The number of hydrogen-bond donors (Lipinski definition) is 1. The predicted octanol–water partition coefficient (Wildman–Crippen LogP) is 1.90. The number of nitrogens with zero attached hydrogens (tertiary/aromatic N) is 2. The highest BCUT2D eigenvalue weighted by molar-refractivity contribution is 4.98. The van der Waals surface area contributed by atoms with Crippen LogP contribution in [0.4, 0.5) is 0 Å². The van der Waals surface area contributed by atoms with E-state index < -0.39 is 11.7 Å². The third-order valence-electron chi connectivity index (χ3n) is 2.67. The maximum Gasteiger partial charge on any atom is 0.229 e. The topological polar surface area (TPSA) is 68.4 Å². The Bertz CT molecular complexity index is 347. The van der Waals surface area contributed by atoms with Crippen molar-refractivity contribution in [3.63, 3.8) is 0 Å². The van der Waals surface area contributed by atoms with Crippen molar-refractivity contribution in [2.24, 2.45) is 5.92 Å². The zero-order valence-corrected chi connectivity index (χ0v) is 11.2. The third-order valence-corrected chi connectivity index (χ3v) is 2.67. The highest BCUT2D eigenvalue weighted by Gasteiger charge is 2.27. The lowest BCUT2D eigenvalue weighted by atomic mass is 10.0. The SMILES string of the molecule is CCOC(C)(C)c1noc(CC(O)C(C)C)n1. The van der Waals surface area contributed by atoms with Gasteiger partial charge in [-0.3, -0.25) is 0 Å². The smallest absolute Gasteiger partial charge is 0.229 e. The van der Waals surface area contributed by atoms with Gasteiger partial charge in [0.15, 0.2) is 0 Å². The monoisotopic (exact) mass is 242 g/mol. The van der Waals surface area contributed by atoms with Gasteiger partial charge in [-0.25, -0.2) is 0 Å². The number of ether oxygens (including phenoxy) is 1. The first kappa shape index (κ1) is 14.1. The molecular weight excluding hydrogens is 220 g/mol. The Morgan fingerprint density at radius 1 is 1.41 bits per heavy atom. The Morgan fingerprint density at radius 2 is 2.06 bits per heavy atom. The molecule has 0 aromatic carbocycles. The van der Waals surface area contributed by atoms with E-state index in [4.69, 9.17) is 9.26 Å². The molecule has 0 aliphatic heterocycles. The Balaban J connectivity index is 2.71. The van der Waals surface area contributed by atoms with Crippen molar-refractivity contribution >= 4 is 0 Å². The van der Waals surface area contributed by atoms with Gasteiger partial charge in [-0.2, -0.15) is 4.98 Å². The minimum Gasteiger partial charge on any atom is -0.392 e. The molecule has 0 fully saturated rings. The summed E-state index contributed by atoms with van der Waals surface area (Å²) in [5.41, 5.74) is -0.556. The van der Waals surface area contributed by atoms with Crippen molar-refractivity contribution in [1.29, 1.82) is 0 Å². The molecule has 0 saturated heterocycles. The van der Waals surface area contributed by atoms with Crippen molar-refractivity contribution in [2.45, 2.75) is 52.7 Å². The molecule has 0 saturated carbocycles.